The van der Waals surface area contributed by atoms with E-state index in [0.29, 0.717) is 16.3 Å². The summed E-state index contributed by atoms with van der Waals surface area (Å²) in [6.07, 6.45) is 0. The van der Waals surface area contributed by atoms with Crippen molar-refractivity contribution in [2.45, 2.75) is 13.8 Å². The Morgan fingerprint density at radius 3 is 2.67 bits per heavy atom. The normalized spacial score (nSPS) is 10.4. The minimum absolute atomic E-state index is 0.266. The molecule has 1 aromatic heterocycles. The lowest BCUT2D eigenvalue weighted by molar-refractivity contribution is 0.103. The number of aryl methyl sites for hydroxylation is 2. The van der Waals surface area contributed by atoms with Crippen LogP contribution in [0.4, 0.5) is 15.8 Å². The zero-order valence-corrected chi connectivity index (χ0v) is 10.8. The van der Waals surface area contributed by atoms with Gasteiger partial charge in [-0.3, -0.25) is 4.79 Å². The summed E-state index contributed by atoms with van der Waals surface area (Å²) in [4.78, 5) is 16.7. The van der Waals surface area contributed by atoms with Gasteiger partial charge in [-0.2, -0.15) is 0 Å². The number of hydrogen-bond donors (Lipinski definition) is 2. The van der Waals surface area contributed by atoms with E-state index >= 15 is 0 Å². The first kappa shape index (κ1) is 12.5. The number of thiazole rings is 1. The van der Waals surface area contributed by atoms with Gasteiger partial charge in [0.2, 0.25) is 0 Å². The van der Waals surface area contributed by atoms with E-state index in [1.54, 1.807) is 6.92 Å². The van der Waals surface area contributed by atoms with Crippen LogP contribution in [0.3, 0.4) is 0 Å². The third-order valence-electron chi connectivity index (χ3n) is 2.29. The average Bonchev–Trinajstić information content (AvgIpc) is 2.56. The third kappa shape index (κ3) is 2.65. The Labute approximate surface area is 108 Å². The van der Waals surface area contributed by atoms with Gasteiger partial charge in [0.25, 0.3) is 5.91 Å². The number of hydrogen-bond acceptors (Lipinski definition) is 4. The molecule has 0 atom stereocenters. The molecule has 0 radical (unpaired) electrons. The third-order valence-corrected chi connectivity index (χ3v) is 3.36. The van der Waals surface area contributed by atoms with E-state index in [2.05, 4.69) is 10.3 Å². The summed E-state index contributed by atoms with van der Waals surface area (Å²) < 4.78 is 13.1. The molecule has 1 aromatic carbocycles. The zero-order chi connectivity index (χ0) is 13.3. The van der Waals surface area contributed by atoms with Crippen LogP contribution in [0, 0.1) is 19.7 Å². The Morgan fingerprint density at radius 1 is 1.39 bits per heavy atom. The van der Waals surface area contributed by atoms with E-state index in [9.17, 15) is 9.18 Å². The van der Waals surface area contributed by atoms with Crippen molar-refractivity contribution in [1.82, 2.24) is 4.98 Å². The SMILES string of the molecule is Cc1nc(C)c(C(=O)Nc2cc(N)cc(F)c2)s1. The summed E-state index contributed by atoms with van der Waals surface area (Å²) in [6, 6.07) is 3.92. The molecule has 0 saturated heterocycles. The molecule has 0 aliphatic heterocycles. The highest BCUT2D eigenvalue weighted by Crippen LogP contribution is 2.20. The fourth-order valence-electron chi connectivity index (χ4n) is 1.61. The van der Waals surface area contributed by atoms with Crippen LogP contribution in [0.15, 0.2) is 18.2 Å². The number of benzene rings is 1. The number of amides is 1. The van der Waals surface area contributed by atoms with Crippen LogP contribution in [-0.2, 0) is 0 Å². The van der Waals surface area contributed by atoms with Crippen molar-refractivity contribution in [3.8, 4) is 0 Å². The maximum atomic E-state index is 13.1. The first-order chi connectivity index (χ1) is 8.45. The average molecular weight is 265 g/mol. The predicted molar refractivity (Wildman–Crippen MR) is 70.4 cm³/mol. The van der Waals surface area contributed by atoms with Crippen molar-refractivity contribution in [3.05, 3.63) is 39.6 Å². The zero-order valence-electron chi connectivity index (χ0n) is 9.95. The highest BCUT2D eigenvalue weighted by Gasteiger charge is 2.14. The lowest BCUT2D eigenvalue weighted by atomic mass is 10.2. The second-order valence-corrected chi connectivity index (χ2v) is 5.08. The van der Waals surface area contributed by atoms with E-state index in [4.69, 9.17) is 5.73 Å². The number of aromatic nitrogens is 1. The van der Waals surface area contributed by atoms with Crippen molar-refractivity contribution in [2.75, 3.05) is 11.1 Å². The van der Waals surface area contributed by atoms with Crippen LogP contribution in [0.25, 0.3) is 0 Å². The molecule has 0 aliphatic rings. The molecule has 0 aliphatic carbocycles. The van der Waals surface area contributed by atoms with Gasteiger partial charge < -0.3 is 11.1 Å². The number of halogens is 1. The van der Waals surface area contributed by atoms with Crippen LogP contribution in [0.5, 0.6) is 0 Å². The van der Waals surface area contributed by atoms with Gasteiger partial charge in [-0.15, -0.1) is 11.3 Å². The Bertz CT molecular complexity index is 589. The minimum Gasteiger partial charge on any atom is -0.399 e. The van der Waals surface area contributed by atoms with E-state index < -0.39 is 5.82 Å². The van der Waals surface area contributed by atoms with Crippen molar-refractivity contribution in [1.29, 1.82) is 0 Å². The highest BCUT2D eigenvalue weighted by molar-refractivity contribution is 7.13. The first-order valence-corrected chi connectivity index (χ1v) is 6.09. The maximum absolute atomic E-state index is 13.1. The van der Waals surface area contributed by atoms with E-state index in [1.165, 1.54) is 29.5 Å². The number of nitrogens with one attached hydrogen (secondary N) is 1. The lowest BCUT2D eigenvalue weighted by Crippen LogP contribution is -2.12. The summed E-state index contributed by atoms with van der Waals surface area (Å²) in [5.74, 6) is -0.786. The van der Waals surface area contributed by atoms with Gasteiger partial charge in [-0.1, -0.05) is 0 Å². The molecule has 1 amide bonds. The van der Waals surface area contributed by atoms with Crippen molar-refractivity contribution in [3.63, 3.8) is 0 Å². The van der Waals surface area contributed by atoms with E-state index in [0.717, 1.165) is 5.01 Å². The second kappa shape index (κ2) is 4.73. The van der Waals surface area contributed by atoms with Crippen LogP contribution < -0.4 is 11.1 Å². The van der Waals surface area contributed by atoms with Crippen LogP contribution in [0.1, 0.15) is 20.4 Å². The fraction of sp³-hybridized carbons (Fsp3) is 0.167. The van der Waals surface area contributed by atoms with Gasteiger partial charge in [-0.05, 0) is 32.0 Å². The van der Waals surface area contributed by atoms with Gasteiger partial charge in [0, 0.05) is 11.4 Å². The molecular weight excluding hydrogens is 253 g/mol. The Hall–Kier alpha value is -1.95. The number of carbonyl (C=O) groups is 1. The smallest absolute Gasteiger partial charge is 0.267 e. The molecule has 4 nitrogen and oxygen atoms in total. The molecule has 1 heterocycles. The van der Waals surface area contributed by atoms with Crippen molar-refractivity contribution >= 4 is 28.6 Å². The van der Waals surface area contributed by atoms with Crippen LogP contribution >= 0.6 is 11.3 Å². The first-order valence-electron chi connectivity index (χ1n) is 5.27. The summed E-state index contributed by atoms with van der Waals surface area (Å²) in [6.45, 7) is 3.59. The van der Waals surface area contributed by atoms with Gasteiger partial charge in [0.15, 0.2) is 0 Å². The molecule has 2 aromatic rings. The van der Waals surface area contributed by atoms with Gasteiger partial charge in [0.1, 0.15) is 10.7 Å². The van der Waals surface area contributed by atoms with E-state index in [1.807, 2.05) is 6.92 Å². The Morgan fingerprint density at radius 2 is 2.11 bits per heavy atom. The number of anilines is 2. The largest absolute Gasteiger partial charge is 0.399 e. The summed E-state index contributed by atoms with van der Waals surface area (Å²) in [7, 11) is 0. The van der Waals surface area contributed by atoms with Gasteiger partial charge in [0.05, 0.1) is 10.7 Å². The fourth-order valence-corrected chi connectivity index (χ4v) is 2.43. The molecule has 0 fully saturated rings. The summed E-state index contributed by atoms with van der Waals surface area (Å²) >= 11 is 1.30. The monoisotopic (exact) mass is 265 g/mol. The standard InChI is InChI=1S/C12H12FN3OS/c1-6-11(18-7(2)15-6)12(17)16-10-4-8(13)3-9(14)5-10/h3-5H,14H2,1-2H3,(H,16,17). The Balaban J connectivity index is 2.23. The quantitative estimate of drug-likeness (QED) is 0.820. The van der Waals surface area contributed by atoms with E-state index in [-0.39, 0.29) is 11.6 Å². The van der Waals surface area contributed by atoms with Crippen molar-refractivity contribution < 1.29 is 9.18 Å². The van der Waals surface area contributed by atoms with Gasteiger partial charge >= 0.3 is 0 Å². The summed E-state index contributed by atoms with van der Waals surface area (Å²) in [5, 5.41) is 3.42. The predicted octanol–water partition coefficient (Wildman–Crippen LogP) is 2.73. The minimum atomic E-state index is -0.484. The number of nitrogen functional groups attached to an aromatic ring is 1. The molecule has 3 N–H and O–H groups in total. The number of nitrogens with zero attached hydrogens (tertiary/aromatic N) is 1. The molecule has 0 unspecified atom stereocenters. The number of nitrogens with two attached hydrogens (primary N) is 1. The molecule has 0 spiro atoms. The molecular formula is C12H12FN3OS. The van der Waals surface area contributed by atoms with Crippen LogP contribution in [-0.4, -0.2) is 10.9 Å². The summed E-state index contributed by atoms with van der Waals surface area (Å²) in [5.41, 5.74) is 6.78. The molecule has 0 saturated carbocycles. The molecule has 2 rings (SSSR count). The van der Waals surface area contributed by atoms with Gasteiger partial charge in [-0.25, -0.2) is 9.37 Å². The van der Waals surface area contributed by atoms with Crippen LogP contribution in [0.2, 0.25) is 0 Å². The van der Waals surface area contributed by atoms with Crippen molar-refractivity contribution in [2.24, 2.45) is 0 Å². The molecule has 18 heavy (non-hydrogen) atoms. The molecule has 94 valence electrons. The highest BCUT2D eigenvalue weighted by atomic mass is 32.1. The Kier molecular flexibility index (Phi) is 3.29. The topological polar surface area (TPSA) is 68.0 Å². The lowest BCUT2D eigenvalue weighted by Gasteiger charge is -2.05. The number of carbonyl (C=O) groups excluding carboxylic acids is 1. The molecule has 0 bridgehead atoms. The second-order valence-electron chi connectivity index (χ2n) is 3.87. The number of rotatable bonds is 2. The maximum Gasteiger partial charge on any atom is 0.267 e. The molecule has 6 heteroatoms.